The number of imidazole rings is 1. The maximum atomic E-state index is 14.3. The van der Waals surface area contributed by atoms with E-state index in [0.29, 0.717) is 12.2 Å². The van der Waals surface area contributed by atoms with Crippen molar-refractivity contribution < 1.29 is 4.39 Å². The van der Waals surface area contributed by atoms with E-state index in [9.17, 15) is 4.39 Å². The molecule has 3 rings (SSSR count). The standard InChI is InChI=1S/C17H22FN5/c1-12-20-7-8-23(12)16-6-5-14(9-15(16)18)11-22-17(19-2)21-10-13-3-4-13/h5-9,13H,3-4,10-11H2,1-2H3,(H2,19,21,22). The second-order valence-electron chi connectivity index (χ2n) is 5.88. The molecule has 1 aromatic heterocycles. The van der Waals surface area contributed by atoms with Crippen molar-refractivity contribution in [2.75, 3.05) is 13.6 Å². The van der Waals surface area contributed by atoms with Crippen molar-refractivity contribution in [3.63, 3.8) is 0 Å². The second-order valence-corrected chi connectivity index (χ2v) is 5.88. The number of halogens is 1. The van der Waals surface area contributed by atoms with Crippen LogP contribution in [0.2, 0.25) is 0 Å². The molecule has 0 amide bonds. The fourth-order valence-corrected chi connectivity index (χ4v) is 2.46. The number of guanidine groups is 1. The number of aromatic nitrogens is 2. The number of aliphatic imine (C=N–C) groups is 1. The molecule has 1 saturated carbocycles. The maximum absolute atomic E-state index is 14.3. The van der Waals surface area contributed by atoms with Crippen LogP contribution in [0.4, 0.5) is 4.39 Å². The lowest BCUT2D eigenvalue weighted by atomic mass is 10.2. The Hall–Kier alpha value is -2.37. The molecule has 0 bridgehead atoms. The van der Waals surface area contributed by atoms with Gasteiger partial charge in [-0.25, -0.2) is 9.37 Å². The zero-order chi connectivity index (χ0) is 16.2. The summed E-state index contributed by atoms with van der Waals surface area (Å²) in [5.74, 6) is 2.04. The lowest BCUT2D eigenvalue weighted by Crippen LogP contribution is -2.37. The van der Waals surface area contributed by atoms with Crippen molar-refractivity contribution >= 4 is 5.96 Å². The summed E-state index contributed by atoms with van der Waals surface area (Å²) in [7, 11) is 1.74. The molecule has 1 fully saturated rings. The van der Waals surface area contributed by atoms with E-state index >= 15 is 0 Å². The third kappa shape index (κ3) is 3.88. The summed E-state index contributed by atoms with van der Waals surface area (Å²) in [6.07, 6.45) is 6.02. The fourth-order valence-electron chi connectivity index (χ4n) is 2.46. The van der Waals surface area contributed by atoms with Gasteiger partial charge in [-0.05, 0) is 43.4 Å². The summed E-state index contributed by atoms with van der Waals surface area (Å²) in [6, 6.07) is 5.25. The van der Waals surface area contributed by atoms with Crippen LogP contribution >= 0.6 is 0 Å². The molecule has 1 aliphatic rings. The van der Waals surface area contributed by atoms with E-state index in [0.717, 1.165) is 29.8 Å². The number of benzene rings is 1. The van der Waals surface area contributed by atoms with Gasteiger partial charge in [-0.3, -0.25) is 4.99 Å². The van der Waals surface area contributed by atoms with Crippen LogP contribution in [0.25, 0.3) is 5.69 Å². The number of hydrogen-bond acceptors (Lipinski definition) is 2. The molecule has 122 valence electrons. The lowest BCUT2D eigenvalue weighted by molar-refractivity contribution is 0.613. The Morgan fingerprint density at radius 3 is 2.83 bits per heavy atom. The van der Waals surface area contributed by atoms with Crippen LogP contribution in [0.15, 0.2) is 35.6 Å². The SMILES string of the molecule is CN=C(NCc1ccc(-n2ccnc2C)c(F)c1)NCC1CC1. The number of nitrogens with zero attached hydrogens (tertiary/aromatic N) is 3. The van der Waals surface area contributed by atoms with Gasteiger partial charge in [0.05, 0.1) is 5.69 Å². The molecular formula is C17H22FN5. The highest BCUT2D eigenvalue weighted by Gasteiger charge is 2.21. The van der Waals surface area contributed by atoms with Crippen LogP contribution in [0.3, 0.4) is 0 Å². The van der Waals surface area contributed by atoms with Crippen LogP contribution in [0, 0.1) is 18.7 Å². The highest BCUT2D eigenvalue weighted by Crippen LogP contribution is 2.27. The number of nitrogens with one attached hydrogen (secondary N) is 2. The smallest absolute Gasteiger partial charge is 0.191 e. The molecule has 23 heavy (non-hydrogen) atoms. The Labute approximate surface area is 135 Å². The zero-order valence-corrected chi connectivity index (χ0v) is 13.5. The van der Waals surface area contributed by atoms with Crippen LogP contribution < -0.4 is 10.6 Å². The normalized spacial score (nSPS) is 14.8. The Kier molecular flexibility index (Phi) is 4.60. The molecule has 5 nitrogen and oxygen atoms in total. The average molecular weight is 315 g/mol. The minimum Gasteiger partial charge on any atom is -0.356 e. The van der Waals surface area contributed by atoms with Crippen molar-refractivity contribution in [3.8, 4) is 5.69 Å². The van der Waals surface area contributed by atoms with Gasteiger partial charge in [-0.2, -0.15) is 0 Å². The van der Waals surface area contributed by atoms with Gasteiger partial charge in [-0.1, -0.05) is 6.07 Å². The number of aryl methyl sites for hydroxylation is 1. The fraction of sp³-hybridized carbons (Fsp3) is 0.412. The third-order valence-corrected chi connectivity index (χ3v) is 4.04. The van der Waals surface area contributed by atoms with Gasteiger partial charge in [-0.15, -0.1) is 0 Å². The summed E-state index contributed by atoms with van der Waals surface area (Å²) in [5, 5.41) is 6.50. The largest absolute Gasteiger partial charge is 0.356 e. The molecule has 1 aromatic carbocycles. The van der Waals surface area contributed by atoms with Crippen molar-refractivity contribution in [2.45, 2.75) is 26.3 Å². The van der Waals surface area contributed by atoms with Crippen LogP contribution in [0.1, 0.15) is 24.2 Å². The quantitative estimate of drug-likeness (QED) is 0.658. The first-order valence-electron chi connectivity index (χ1n) is 7.90. The minimum absolute atomic E-state index is 0.258. The molecule has 0 atom stereocenters. The van der Waals surface area contributed by atoms with E-state index in [1.807, 2.05) is 13.0 Å². The van der Waals surface area contributed by atoms with Gasteiger partial charge in [0.2, 0.25) is 0 Å². The predicted octanol–water partition coefficient (Wildman–Crippen LogP) is 2.39. The van der Waals surface area contributed by atoms with Gasteiger partial charge in [0, 0.05) is 32.5 Å². The Bertz CT molecular complexity index is 703. The first kappa shape index (κ1) is 15.5. The zero-order valence-electron chi connectivity index (χ0n) is 13.5. The van der Waals surface area contributed by atoms with Gasteiger partial charge < -0.3 is 15.2 Å². The Morgan fingerprint density at radius 1 is 1.39 bits per heavy atom. The molecule has 0 unspecified atom stereocenters. The maximum Gasteiger partial charge on any atom is 0.191 e. The van der Waals surface area contributed by atoms with Crippen LogP contribution in [0.5, 0.6) is 0 Å². The molecule has 0 spiro atoms. The predicted molar refractivity (Wildman–Crippen MR) is 89.2 cm³/mol. The van der Waals surface area contributed by atoms with Crippen LogP contribution in [-0.4, -0.2) is 29.1 Å². The summed E-state index contributed by atoms with van der Waals surface area (Å²) in [5.41, 5.74) is 1.39. The first-order chi connectivity index (χ1) is 11.2. The summed E-state index contributed by atoms with van der Waals surface area (Å²) in [4.78, 5) is 8.31. The molecular weight excluding hydrogens is 293 g/mol. The van der Waals surface area contributed by atoms with Crippen molar-refractivity contribution in [1.82, 2.24) is 20.2 Å². The average Bonchev–Trinajstić information content (AvgIpc) is 3.28. The van der Waals surface area contributed by atoms with Crippen molar-refractivity contribution in [2.24, 2.45) is 10.9 Å². The monoisotopic (exact) mass is 315 g/mol. The van der Waals surface area contributed by atoms with E-state index in [1.54, 1.807) is 36.1 Å². The van der Waals surface area contributed by atoms with Gasteiger partial charge in [0.25, 0.3) is 0 Å². The topological polar surface area (TPSA) is 54.2 Å². The van der Waals surface area contributed by atoms with Gasteiger partial charge in [0.1, 0.15) is 11.6 Å². The van der Waals surface area contributed by atoms with E-state index in [1.165, 1.54) is 12.8 Å². The molecule has 0 radical (unpaired) electrons. The molecule has 2 N–H and O–H groups in total. The highest BCUT2D eigenvalue weighted by atomic mass is 19.1. The minimum atomic E-state index is -0.258. The summed E-state index contributed by atoms with van der Waals surface area (Å²) < 4.78 is 16.1. The van der Waals surface area contributed by atoms with E-state index < -0.39 is 0 Å². The van der Waals surface area contributed by atoms with E-state index in [2.05, 4.69) is 20.6 Å². The molecule has 1 aliphatic carbocycles. The lowest BCUT2D eigenvalue weighted by Gasteiger charge is -2.13. The molecule has 2 aromatic rings. The Balaban J connectivity index is 1.62. The molecule has 0 saturated heterocycles. The summed E-state index contributed by atoms with van der Waals surface area (Å²) >= 11 is 0. The third-order valence-electron chi connectivity index (χ3n) is 4.04. The van der Waals surface area contributed by atoms with Crippen molar-refractivity contribution in [3.05, 3.63) is 47.8 Å². The van der Waals surface area contributed by atoms with Gasteiger partial charge >= 0.3 is 0 Å². The van der Waals surface area contributed by atoms with E-state index in [4.69, 9.17) is 0 Å². The molecule has 1 heterocycles. The van der Waals surface area contributed by atoms with Gasteiger partial charge in [0.15, 0.2) is 5.96 Å². The van der Waals surface area contributed by atoms with E-state index in [-0.39, 0.29) is 5.82 Å². The molecule has 6 heteroatoms. The number of rotatable bonds is 5. The first-order valence-corrected chi connectivity index (χ1v) is 7.90. The highest BCUT2D eigenvalue weighted by molar-refractivity contribution is 5.79. The summed E-state index contributed by atoms with van der Waals surface area (Å²) in [6.45, 7) is 3.34. The second kappa shape index (κ2) is 6.81. The molecule has 0 aliphatic heterocycles. The van der Waals surface area contributed by atoms with Crippen molar-refractivity contribution in [1.29, 1.82) is 0 Å². The Morgan fingerprint density at radius 2 is 2.22 bits per heavy atom. The van der Waals surface area contributed by atoms with Crippen LogP contribution in [-0.2, 0) is 6.54 Å². The number of hydrogen-bond donors (Lipinski definition) is 2.